The number of aromatic nitrogens is 2. The van der Waals surface area contributed by atoms with Gasteiger partial charge in [-0.05, 0) is 90.5 Å². The topological polar surface area (TPSA) is 98.6 Å². The molecule has 6 rings (SSSR count). The zero-order valence-corrected chi connectivity index (χ0v) is 26.4. The Kier molecular flexibility index (Phi) is 9.61. The summed E-state index contributed by atoms with van der Waals surface area (Å²) < 4.78 is 51.3. The van der Waals surface area contributed by atoms with Gasteiger partial charge in [-0.1, -0.05) is 11.9 Å². The molecule has 1 saturated carbocycles. The summed E-state index contributed by atoms with van der Waals surface area (Å²) in [5.74, 6) is 1.49. The lowest BCUT2D eigenvalue weighted by Crippen LogP contribution is -2.60. The van der Waals surface area contributed by atoms with Crippen molar-refractivity contribution in [3.05, 3.63) is 12.3 Å². The predicted molar refractivity (Wildman–Crippen MR) is 161 cm³/mol. The Morgan fingerprint density at radius 3 is 2.77 bits per heavy atom. The van der Waals surface area contributed by atoms with Crippen LogP contribution in [0.25, 0.3) is 0 Å². The van der Waals surface area contributed by atoms with Crippen LogP contribution in [-0.4, -0.2) is 81.6 Å². The third-order valence-electron chi connectivity index (χ3n) is 10.6. The monoisotopic (exact) mass is 629 g/mol. The van der Waals surface area contributed by atoms with Gasteiger partial charge in [0.15, 0.2) is 0 Å². The fourth-order valence-corrected chi connectivity index (χ4v) is 8.98. The highest BCUT2D eigenvalue weighted by molar-refractivity contribution is 7.98. The van der Waals surface area contributed by atoms with Crippen molar-refractivity contribution in [1.29, 1.82) is 0 Å². The molecule has 0 aromatic carbocycles. The zero-order valence-electron chi connectivity index (χ0n) is 25.5. The van der Waals surface area contributed by atoms with Gasteiger partial charge in [0, 0.05) is 43.2 Å². The highest BCUT2D eigenvalue weighted by atomic mass is 32.2. The number of nitrogens with zero attached hydrogens (tertiary/aromatic N) is 3. The molecule has 5 N–H and O–H groups in total. The lowest BCUT2D eigenvalue weighted by Gasteiger charge is -2.47. The molecule has 5 fully saturated rings. The van der Waals surface area contributed by atoms with E-state index >= 15 is 0 Å². The SMILES string of the molecule is CC1(C)C[C@@H]2CCCNC3CCCC(N3)SNCC3CCC(n4ccc(OCCC(O)C5(C(F)(F)F)CC5)n4)NC3N1C2. The summed E-state index contributed by atoms with van der Waals surface area (Å²) in [6.45, 7) is 7.83. The molecule has 4 saturated heterocycles. The fourth-order valence-electron chi connectivity index (χ4n) is 7.95. The number of fused-ring (bicyclic) bond motifs is 6. The summed E-state index contributed by atoms with van der Waals surface area (Å²) >= 11 is 1.84. The molecule has 4 bridgehead atoms. The molecule has 5 heterocycles. The van der Waals surface area contributed by atoms with Crippen LogP contribution in [0.4, 0.5) is 13.2 Å². The van der Waals surface area contributed by atoms with E-state index in [1.54, 1.807) is 6.07 Å². The van der Waals surface area contributed by atoms with Crippen LogP contribution < -0.4 is 25.4 Å². The van der Waals surface area contributed by atoms with Crippen LogP contribution in [0.5, 0.6) is 5.88 Å². The number of hydrogen-bond donors (Lipinski definition) is 5. The second-order valence-corrected chi connectivity index (χ2v) is 15.2. The number of nitrogens with one attached hydrogen (secondary N) is 4. The smallest absolute Gasteiger partial charge is 0.396 e. The van der Waals surface area contributed by atoms with Crippen LogP contribution in [-0.2, 0) is 0 Å². The second-order valence-electron chi connectivity index (χ2n) is 14.1. The first-order valence-corrected chi connectivity index (χ1v) is 17.3. The van der Waals surface area contributed by atoms with E-state index in [2.05, 4.69) is 44.5 Å². The molecule has 1 aromatic heterocycles. The third kappa shape index (κ3) is 7.18. The molecule has 7 unspecified atom stereocenters. The summed E-state index contributed by atoms with van der Waals surface area (Å²) in [5.41, 5.74) is -1.86. The van der Waals surface area contributed by atoms with Gasteiger partial charge in [0.25, 0.3) is 0 Å². The van der Waals surface area contributed by atoms with E-state index in [4.69, 9.17) is 4.74 Å². The molecule has 4 aliphatic heterocycles. The lowest BCUT2D eigenvalue weighted by molar-refractivity contribution is -0.215. The van der Waals surface area contributed by atoms with Crippen molar-refractivity contribution in [1.82, 2.24) is 35.4 Å². The number of hydrogen-bond acceptors (Lipinski definition) is 9. The minimum atomic E-state index is -4.38. The Hall–Kier alpha value is -1.09. The molecule has 0 amide bonds. The van der Waals surface area contributed by atoms with Crippen LogP contribution in [0.3, 0.4) is 0 Å². The van der Waals surface area contributed by atoms with Crippen molar-refractivity contribution in [2.75, 3.05) is 26.2 Å². The van der Waals surface area contributed by atoms with Crippen molar-refractivity contribution in [2.45, 2.75) is 126 Å². The maximum atomic E-state index is 13.3. The minimum absolute atomic E-state index is 0.00120. The van der Waals surface area contributed by atoms with Crippen molar-refractivity contribution in [3.63, 3.8) is 0 Å². The Bertz CT molecular complexity index is 1070. The molecular weight excluding hydrogens is 579 g/mol. The molecule has 13 heteroatoms. The summed E-state index contributed by atoms with van der Waals surface area (Å²) in [5, 5.41) is 26.8. The van der Waals surface area contributed by atoms with Gasteiger partial charge in [-0.2, -0.15) is 13.2 Å². The number of aliphatic hydroxyl groups is 1. The number of halogens is 3. The largest absolute Gasteiger partial charge is 0.477 e. The maximum absolute atomic E-state index is 13.3. The van der Waals surface area contributed by atoms with Crippen molar-refractivity contribution < 1.29 is 23.0 Å². The molecule has 8 atom stereocenters. The lowest BCUT2D eigenvalue weighted by atomic mass is 9.90. The molecule has 244 valence electrons. The van der Waals surface area contributed by atoms with Crippen molar-refractivity contribution >= 4 is 11.9 Å². The summed E-state index contributed by atoms with van der Waals surface area (Å²) in [7, 11) is 0. The van der Waals surface area contributed by atoms with E-state index < -0.39 is 17.7 Å². The van der Waals surface area contributed by atoms with Gasteiger partial charge >= 0.3 is 6.18 Å². The van der Waals surface area contributed by atoms with Crippen LogP contribution in [0.15, 0.2) is 12.3 Å². The Morgan fingerprint density at radius 1 is 1.14 bits per heavy atom. The van der Waals surface area contributed by atoms with Crippen LogP contribution in [0.1, 0.15) is 90.6 Å². The van der Waals surface area contributed by atoms with Crippen LogP contribution in [0, 0.1) is 17.3 Å². The molecular formula is C30H50F3N7O2S. The molecule has 0 spiro atoms. The van der Waals surface area contributed by atoms with Crippen molar-refractivity contribution in [3.8, 4) is 5.88 Å². The number of alkyl halides is 3. The first kappa shape index (κ1) is 31.9. The number of rotatable bonds is 6. The second kappa shape index (κ2) is 13.0. The first-order valence-electron chi connectivity index (χ1n) is 16.4. The molecule has 5 aliphatic rings. The number of ether oxygens (including phenoxy) is 1. The quantitative estimate of drug-likeness (QED) is 0.295. The van der Waals surface area contributed by atoms with E-state index in [1.807, 2.05) is 22.8 Å². The normalized spacial score (nSPS) is 37.0. The molecule has 1 aromatic rings. The first-order chi connectivity index (χ1) is 20.5. The van der Waals surface area contributed by atoms with E-state index in [-0.39, 0.29) is 43.7 Å². The van der Waals surface area contributed by atoms with Gasteiger partial charge in [0.2, 0.25) is 5.88 Å². The van der Waals surface area contributed by atoms with Crippen molar-refractivity contribution in [2.24, 2.45) is 17.3 Å². The highest BCUT2D eigenvalue weighted by Gasteiger charge is 2.66. The zero-order chi connectivity index (χ0) is 30.2. The van der Waals surface area contributed by atoms with Crippen LogP contribution >= 0.6 is 11.9 Å². The fraction of sp³-hybridized carbons (Fsp3) is 0.900. The van der Waals surface area contributed by atoms with Gasteiger partial charge < -0.3 is 15.2 Å². The van der Waals surface area contributed by atoms with E-state index in [9.17, 15) is 18.3 Å². The van der Waals surface area contributed by atoms with Gasteiger partial charge in [-0.15, -0.1) is 5.10 Å². The Balaban J connectivity index is 1.09. The summed E-state index contributed by atoms with van der Waals surface area (Å²) in [4.78, 5) is 2.70. The van der Waals surface area contributed by atoms with Gasteiger partial charge in [0.1, 0.15) is 6.17 Å². The minimum Gasteiger partial charge on any atom is -0.477 e. The number of piperidine rings is 2. The van der Waals surface area contributed by atoms with E-state index in [0.29, 0.717) is 29.3 Å². The Labute approximate surface area is 257 Å². The highest BCUT2D eigenvalue weighted by Crippen LogP contribution is 2.60. The average Bonchev–Trinajstić information content (AvgIpc) is 3.57. The van der Waals surface area contributed by atoms with Gasteiger partial charge in [0.05, 0.1) is 35.8 Å². The van der Waals surface area contributed by atoms with Gasteiger partial charge in [-0.3, -0.25) is 24.9 Å². The van der Waals surface area contributed by atoms with Gasteiger partial charge in [-0.25, -0.2) is 0 Å². The van der Waals surface area contributed by atoms with E-state index in [0.717, 1.165) is 32.5 Å². The van der Waals surface area contributed by atoms with Crippen LogP contribution in [0.2, 0.25) is 0 Å². The average molecular weight is 630 g/mol. The summed E-state index contributed by atoms with van der Waals surface area (Å²) in [6, 6.07) is 1.76. The molecule has 9 nitrogen and oxygen atoms in total. The van der Waals surface area contributed by atoms with E-state index in [1.165, 1.54) is 38.5 Å². The molecule has 0 radical (unpaired) electrons. The molecule has 1 aliphatic carbocycles. The third-order valence-corrected chi connectivity index (χ3v) is 11.6. The predicted octanol–water partition coefficient (Wildman–Crippen LogP) is 4.33. The standard InChI is InChI=1S/C30H50F3N7O2S/c1-28(2)17-20-5-4-14-34-23-6-3-7-26(36-23)43-35-18-21-8-9-24(37-27(21)39(28)19-20)40-15-10-25(38-40)42-16-11-22(41)29(12-13-29)30(31,32)33/h10,15,20-24,26-27,34-37,41H,3-9,11-14,16-19H2,1-2H3/t20-,21?,22?,23?,24?,26?,27?/m0/s1. The Morgan fingerprint density at radius 2 is 1.98 bits per heavy atom. The maximum Gasteiger partial charge on any atom is 0.396 e. The molecule has 43 heavy (non-hydrogen) atoms. The summed E-state index contributed by atoms with van der Waals surface area (Å²) in [6.07, 6.45) is 5.77. The number of aliphatic hydroxyl groups excluding tert-OH is 1.